The number of nitrogens with zero attached hydrogens (tertiary/aromatic N) is 1. The van der Waals surface area contributed by atoms with Crippen LogP contribution in [-0.2, 0) is 4.79 Å². The summed E-state index contributed by atoms with van der Waals surface area (Å²) in [6, 6.07) is 13.8. The molecule has 1 heterocycles. The predicted octanol–water partition coefficient (Wildman–Crippen LogP) is 2.72. The quantitative estimate of drug-likeness (QED) is 0.843. The molecule has 26 heavy (non-hydrogen) atoms. The average molecular weight is 376 g/mol. The van der Waals surface area contributed by atoms with Crippen LogP contribution in [0.3, 0.4) is 0 Å². The van der Waals surface area contributed by atoms with Gasteiger partial charge in [0.15, 0.2) is 0 Å². The largest absolute Gasteiger partial charge is 0.354 e. The Kier molecular flexibility index (Phi) is 7.42. The standard InChI is InChI=1S/C20H25N3O2.ClH/c21-12-11-19(24)22-14-16-8-3-4-13-23(16)20(25)18-10-5-7-15-6-1-2-9-17(15)18;/h1-2,5-7,9-10,16H,3-4,8,11-14,21H2,(H,22,24);1H. The molecule has 0 saturated carbocycles. The third-order valence-corrected chi connectivity index (χ3v) is 4.81. The number of fused-ring (bicyclic) bond motifs is 1. The molecule has 1 saturated heterocycles. The topological polar surface area (TPSA) is 75.4 Å². The maximum atomic E-state index is 13.2. The van der Waals surface area contributed by atoms with Crippen molar-refractivity contribution in [2.45, 2.75) is 31.7 Å². The number of halogens is 1. The molecule has 6 heteroatoms. The molecule has 1 atom stereocenters. The second kappa shape index (κ2) is 9.55. The Bertz CT molecular complexity index is 760. The van der Waals surface area contributed by atoms with Crippen LogP contribution in [0.4, 0.5) is 0 Å². The van der Waals surface area contributed by atoms with Gasteiger partial charge >= 0.3 is 0 Å². The van der Waals surface area contributed by atoms with E-state index < -0.39 is 0 Å². The van der Waals surface area contributed by atoms with Crippen molar-refractivity contribution in [2.24, 2.45) is 5.73 Å². The lowest BCUT2D eigenvalue weighted by molar-refractivity contribution is -0.121. The molecule has 1 aliphatic heterocycles. The number of carbonyl (C=O) groups excluding carboxylic acids is 2. The van der Waals surface area contributed by atoms with Gasteiger partial charge in [-0.2, -0.15) is 0 Å². The van der Waals surface area contributed by atoms with E-state index in [1.165, 1.54) is 0 Å². The highest BCUT2D eigenvalue weighted by molar-refractivity contribution is 6.07. The van der Waals surface area contributed by atoms with Crippen molar-refractivity contribution < 1.29 is 9.59 Å². The third-order valence-electron chi connectivity index (χ3n) is 4.81. The van der Waals surface area contributed by atoms with Crippen LogP contribution in [0.15, 0.2) is 42.5 Å². The summed E-state index contributed by atoms with van der Waals surface area (Å²) in [7, 11) is 0. The van der Waals surface area contributed by atoms with Crippen LogP contribution in [0.2, 0.25) is 0 Å². The molecule has 2 aromatic carbocycles. The van der Waals surface area contributed by atoms with Crippen LogP contribution in [0.1, 0.15) is 36.0 Å². The lowest BCUT2D eigenvalue weighted by Gasteiger charge is -2.36. The van der Waals surface area contributed by atoms with Crippen molar-refractivity contribution in [3.05, 3.63) is 48.0 Å². The number of nitrogens with one attached hydrogen (secondary N) is 1. The Morgan fingerprint density at radius 2 is 1.88 bits per heavy atom. The Morgan fingerprint density at radius 1 is 1.12 bits per heavy atom. The number of hydrogen-bond donors (Lipinski definition) is 2. The number of hydrogen-bond acceptors (Lipinski definition) is 3. The number of rotatable bonds is 5. The molecule has 2 aromatic rings. The van der Waals surface area contributed by atoms with E-state index in [0.29, 0.717) is 19.5 Å². The van der Waals surface area contributed by atoms with Crippen molar-refractivity contribution in [2.75, 3.05) is 19.6 Å². The number of nitrogens with two attached hydrogens (primary N) is 1. The van der Waals surface area contributed by atoms with Crippen LogP contribution in [0.25, 0.3) is 10.8 Å². The minimum Gasteiger partial charge on any atom is -0.354 e. The number of benzene rings is 2. The summed E-state index contributed by atoms with van der Waals surface area (Å²) in [5.74, 6) is 0.000192. The molecule has 140 valence electrons. The van der Waals surface area contributed by atoms with Crippen LogP contribution in [0.5, 0.6) is 0 Å². The van der Waals surface area contributed by atoms with Gasteiger partial charge in [0, 0.05) is 37.7 Å². The van der Waals surface area contributed by atoms with E-state index in [9.17, 15) is 9.59 Å². The van der Waals surface area contributed by atoms with Gasteiger partial charge in [-0.05, 0) is 36.1 Å². The van der Waals surface area contributed by atoms with Gasteiger partial charge in [0.05, 0.1) is 0 Å². The fourth-order valence-electron chi connectivity index (χ4n) is 3.50. The predicted molar refractivity (Wildman–Crippen MR) is 107 cm³/mol. The van der Waals surface area contributed by atoms with Gasteiger partial charge in [-0.15, -0.1) is 12.4 Å². The fraction of sp³-hybridized carbons (Fsp3) is 0.400. The molecule has 0 aliphatic carbocycles. The SMILES string of the molecule is Cl.NCCC(=O)NCC1CCCCN1C(=O)c1cccc2ccccc12. The highest BCUT2D eigenvalue weighted by Gasteiger charge is 2.28. The molecule has 0 radical (unpaired) electrons. The molecular weight excluding hydrogens is 350 g/mol. The Morgan fingerprint density at radius 3 is 2.69 bits per heavy atom. The van der Waals surface area contributed by atoms with E-state index in [1.54, 1.807) is 0 Å². The van der Waals surface area contributed by atoms with Gasteiger partial charge in [-0.3, -0.25) is 9.59 Å². The summed E-state index contributed by atoms with van der Waals surface area (Å²) < 4.78 is 0. The van der Waals surface area contributed by atoms with E-state index in [-0.39, 0.29) is 30.3 Å². The third kappa shape index (κ3) is 4.54. The zero-order valence-corrected chi connectivity index (χ0v) is 15.6. The van der Waals surface area contributed by atoms with Gasteiger partial charge in [0.2, 0.25) is 5.91 Å². The molecule has 0 spiro atoms. The van der Waals surface area contributed by atoms with Gasteiger partial charge in [0.1, 0.15) is 0 Å². The van der Waals surface area contributed by atoms with E-state index in [4.69, 9.17) is 5.73 Å². The molecule has 2 amide bonds. The zero-order valence-electron chi connectivity index (χ0n) is 14.8. The molecule has 1 fully saturated rings. The number of amides is 2. The van der Waals surface area contributed by atoms with Crippen molar-refractivity contribution in [1.29, 1.82) is 0 Å². The average Bonchev–Trinajstić information content (AvgIpc) is 2.66. The number of likely N-dealkylation sites (tertiary alicyclic amines) is 1. The van der Waals surface area contributed by atoms with E-state index in [0.717, 1.165) is 42.1 Å². The molecule has 3 rings (SSSR count). The number of piperidine rings is 1. The first-order valence-corrected chi connectivity index (χ1v) is 8.96. The zero-order chi connectivity index (χ0) is 17.6. The lowest BCUT2D eigenvalue weighted by Crippen LogP contribution is -2.49. The highest BCUT2D eigenvalue weighted by Crippen LogP contribution is 2.24. The monoisotopic (exact) mass is 375 g/mol. The second-order valence-electron chi connectivity index (χ2n) is 6.52. The first kappa shape index (κ1) is 20.2. The lowest BCUT2D eigenvalue weighted by atomic mass is 9.98. The maximum Gasteiger partial charge on any atom is 0.254 e. The summed E-state index contributed by atoms with van der Waals surface area (Å²) in [5, 5.41) is 4.96. The van der Waals surface area contributed by atoms with Crippen LogP contribution < -0.4 is 11.1 Å². The Balaban J connectivity index is 0.00000243. The fourth-order valence-corrected chi connectivity index (χ4v) is 3.50. The second-order valence-corrected chi connectivity index (χ2v) is 6.52. The maximum absolute atomic E-state index is 13.2. The van der Waals surface area contributed by atoms with Crippen LogP contribution in [0, 0.1) is 0 Å². The van der Waals surface area contributed by atoms with E-state index in [1.807, 2.05) is 47.4 Å². The Hall–Kier alpha value is -2.11. The van der Waals surface area contributed by atoms with Crippen molar-refractivity contribution in [3.63, 3.8) is 0 Å². The molecule has 0 bridgehead atoms. The van der Waals surface area contributed by atoms with Crippen LogP contribution >= 0.6 is 12.4 Å². The highest BCUT2D eigenvalue weighted by atomic mass is 35.5. The smallest absolute Gasteiger partial charge is 0.254 e. The summed E-state index contributed by atoms with van der Waals surface area (Å²) in [5.41, 5.74) is 6.15. The van der Waals surface area contributed by atoms with Gasteiger partial charge in [0.25, 0.3) is 5.91 Å². The Labute approximate surface area is 160 Å². The summed E-state index contributed by atoms with van der Waals surface area (Å²) in [4.78, 5) is 26.8. The van der Waals surface area contributed by atoms with Gasteiger partial charge < -0.3 is 16.0 Å². The van der Waals surface area contributed by atoms with E-state index >= 15 is 0 Å². The molecule has 1 unspecified atom stereocenters. The summed E-state index contributed by atoms with van der Waals surface area (Å²) in [6.07, 6.45) is 3.32. The minimum atomic E-state index is -0.0503. The van der Waals surface area contributed by atoms with Gasteiger partial charge in [-0.25, -0.2) is 0 Å². The minimum absolute atomic E-state index is 0. The van der Waals surface area contributed by atoms with Crippen molar-refractivity contribution in [3.8, 4) is 0 Å². The summed E-state index contributed by atoms with van der Waals surface area (Å²) in [6.45, 7) is 1.57. The molecular formula is C20H26ClN3O2. The summed E-state index contributed by atoms with van der Waals surface area (Å²) >= 11 is 0. The molecule has 1 aliphatic rings. The normalized spacial score (nSPS) is 16.8. The van der Waals surface area contributed by atoms with Crippen LogP contribution in [-0.4, -0.2) is 42.4 Å². The van der Waals surface area contributed by atoms with E-state index in [2.05, 4.69) is 5.32 Å². The van der Waals surface area contributed by atoms with Crippen molar-refractivity contribution in [1.82, 2.24) is 10.2 Å². The number of carbonyl (C=O) groups is 2. The molecule has 3 N–H and O–H groups in total. The van der Waals surface area contributed by atoms with Gasteiger partial charge in [-0.1, -0.05) is 36.4 Å². The first-order chi connectivity index (χ1) is 12.2. The first-order valence-electron chi connectivity index (χ1n) is 8.96. The molecule has 0 aromatic heterocycles. The molecule has 5 nitrogen and oxygen atoms in total. The van der Waals surface area contributed by atoms with Crippen molar-refractivity contribution >= 4 is 35.0 Å².